The highest BCUT2D eigenvalue weighted by atomic mass is 16.5. The van der Waals surface area contributed by atoms with Gasteiger partial charge in [-0.25, -0.2) is 4.68 Å². The lowest BCUT2D eigenvalue weighted by Gasteiger charge is -2.36. The third-order valence-electron chi connectivity index (χ3n) is 4.56. The number of anilines is 1. The van der Waals surface area contributed by atoms with E-state index in [0.29, 0.717) is 17.6 Å². The Morgan fingerprint density at radius 1 is 1.25 bits per heavy atom. The second kappa shape index (κ2) is 6.66. The number of carbonyl (C=O) groups excluding carboxylic acids is 1. The third kappa shape index (κ3) is 3.15. The molecular formula is C16H20N6O2. The van der Waals surface area contributed by atoms with E-state index < -0.39 is 0 Å². The van der Waals surface area contributed by atoms with Crippen LogP contribution in [0.2, 0.25) is 0 Å². The number of amides is 1. The predicted octanol–water partition coefficient (Wildman–Crippen LogP) is 0.572. The average molecular weight is 328 g/mol. The Labute approximate surface area is 139 Å². The van der Waals surface area contributed by atoms with E-state index in [1.807, 2.05) is 4.68 Å². The zero-order chi connectivity index (χ0) is 16.4. The number of rotatable bonds is 3. The van der Waals surface area contributed by atoms with Crippen molar-refractivity contribution in [2.75, 3.05) is 31.6 Å². The molecule has 8 heteroatoms. The summed E-state index contributed by atoms with van der Waals surface area (Å²) in [6.07, 6.45) is 5.12. The fraction of sp³-hybridized carbons (Fsp3) is 0.500. The standard InChI is InChI=1S/C16H20N6O2/c23-15(12-3-5-17-6-4-12)19-16-18-14-2-1-13(11-22(14)20-16)21-7-9-24-10-8-21/h3-6,13H,1-2,7-11H2,(H,19,20,23). The molecule has 4 heterocycles. The molecule has 0 saturated carbocycles. The Hall–Kier alpha value is -2.32. The normalized spacial score (nSPS) is 21.2. The summed E-state index contributed by atoms with van der Waals surface area (Å²) in [5, 5.41) is 7.23. The van der Waals surface area contributed by atoms with Gasteiger partial charge < -0.3 is 4.74 Å². The predicted molar refractivity (Wildman–Crippen MR) is 86.7 cm³/mol. The van der Waals surface area contributed by atoms with Crippen LogP contribution in [0.3, 0.4) is 0 Å². The highest BCUT2D eigenvalue weighted by molar-refractivity contribution is 6.03. The number of aromatic nitrogens is 4. The van der Waals surface area contributed by atoms with E-state index in [4.69, 9.17) is 4.74 Å². The van der Waals surface area contributed by atoms with Crippen molar-refractivity contribution in [1.29, 1.82) is 0 Å². The third-order valence-corrected chi connectivity index (χ3v) is 4.56. The van der Waals surface area contributed by atoms with Gasteiger partial charge in [-0.2, -0.15) is 4.98 Å². The molecule has 0 aliphatic carbocycles. The molecule has 0 aromatic carbocycles. The number of fused-ring (bicyclic) bond motifs is 1. The molecule has 0 bridgehead atoms. The largest absolute Gasteiger partial charge is 0.379 e. The molecule has 1 fully saturated rings. The lowest BCUT2D eigenvalue weighted by molar-refractivity contribution is 0.00735. The van der Waals surface area contributed by atoms with Gasteiger partial charge in [-0.3, -0.25) is 20.0 Å². The minimum atomic E-state index is -0.218. The van der Waals surface area contributed by atoms with Crippen LogP contribution >= 0.6 is 0 Å². The van der Waals surface area contributed by atoms with Gasteiger partial charge in [0, 0.05) is 43.5 Å². The van der Waals surface area contributed by atoms with Gasteiger partial charge in [0.2, 0.25) is 5.95 Å². The van der Waals surface area contributed by atoms with Crippen molar-refractivity contribution in [1.82, 2.24) is 24.6 Å². The number of carbonyl (C=O) groups is 1. The smallest absolute Gasteiger partial charge is 0.258 e. The number of hydrogen-bond acceptors (Lipinski definition) is 6. The van der Waals surface area contributed by atoms with E-state index in [1.54, 1.807) is 24.5 Å². The maximum absolute atomic E-state index is 12.2. The van der Waals surface area contributed by atoms with Gasteiger partial charge in [0.05, 0.1) is 19.8 Å². The van der Waals surface area contributed by atoms with Crippen molar-refractivity contribution in [3.05, 3.63) is 35.9 Å². The topological polar surface area (TPSA) is 85.2 Å². The van der Waals surface area contributed by atoms with E-state index in [2.05, 4.69) is 25.3 Å². The van der Waals surface area contributed by atoms with E-state index in [0.717, 1.165) is 51.5 Å². The van der Waals surface area contributed by atoms with Crippen LogP contribution in [-0.4, -0.2) is 62.9 Å². The summed E-state index contributed by atoms with van der Waals surface area (Å²) in [5.41, 5.74) is 0.545. The van der Waals surface area contributed by atoms with Crippen molar-refractivity contribution >= 4 is 11.9 Å². The van der Waals surface area contributed by atoms with Crippen molar-refractivity contribution < 1.29 is 9.53 Å². The Morgan fingerprint density at radius 3 is 2.83 bits per heavy atom. The second-order valence-electron chi connectivity index (χ2n) is 6.06. The minimum Gasteiger partial charge on any atom is -0.379 e. The quantitative estimate of drug-likeness (QED) is 0.887. The first-order chi connectivity index (χ1) is 11.8. The number of hydrogen-bond donors (Lipinski definition) is 1. The second-order valence-corrected chi connectivity index (χ2v) is 6.06. The van der Waals surface area contributed by atoms with Crippen LogP contribution < -0.4 is 5.32 Å². The molecule has 2 aromatic heterocycles. The van der Waals surface area contributed by atoms with Crippen LogP contribution in [0, 0.1) is 0 Å². The zero-order valence-electron chi connectivity index (χ0n) is 13.4. The molecule has 1 N–H and O–H groups in total. The fourth-order valence-corrected chi connectivity index (χ4v) is 3.26. The van der Waals surface area contributed by atoms with Crippen LogP contribution in [0.15, 0.2) is 24.5 Å². The summed E-state index contributed by atoms with van der Waals surface area (Å²) < 4.78 is 7.34. The zero-order valence-corrected chi connectivity index (χ0v) is 13.4. The summed E-state index contributed by atoms with van der Waals surface area (Å²) in [7, 11) is 0. The van der Waals surface area contributed by atoms with Crippen LogP contribution in [0.4, 0.5) is 5.95 Å². The Morgan fingerprint density at radius 2 is 2.04 bits per heavy atom. The molecule has 8 nitrogen and oxygen atoms in total. The summed E-state index contributed by atoms with van der Waals surface area (Å²) in [5.74, 6) is 1.09. The first-order valence-electron chi connectivity index (χ1n) is 8.26. The van der Waals surface area contributed by atoms with E-state index >= 15 is 0 Å². The van der Waals surface area contributed by atoms with E-state index in [9.17, 15) is 4.79 Å². The van der Waals surface area contributed by atoms with Crippen LogP contribution in [-0.2, 0) is 17.7 Å². The minimum absolute atomic E-state index is 0.218. The van der Waals surface area contributed by atoms with Gasteiger partial charge in [-0.05, 0) is 18.6 Å². The summed E-state index contributed by atoms with van der Waals surface area (Å²) in [6.45, 7) is 4.36. The molecule has 1 amide bonds. The lowest BCUT2D eigenvalue weighted by atomic mass is 10.1. The molecule has 2 aliphatic rings. The molecule has 24 heavy (non-hydrogen) atoms. The van der Waals surface area contributed by atoms with Crippen molar-refractivity contribution in [2.45, 2.75) is 25.4 Å². The van der Waals surface area contributed by atoms with Crippen molar-refractivity contribution in [2.24, 2.45) is 0 Å². The number of pyridine rings is 1. The van der Waals surface area contributed by atoms with Crippen LogP contribution in [0.5, 0.6) is 0 Å². The molecule has 1 atom stereocenters. The van der Waals surface area contributed by atoms with Crippen molar-refractivity contribution in [3.63, 3.8) is 0 Å². The molecular weight excluding hydrogens is 308 g/mol. The number of nitrogens with one attached hydrogen (secondary N) is 1. The molecule has 2 aliphatic heterocycles. The molecule has 1 unspecified atom stereocenters. The fourth-order valence-electron chi connectivity index (χ4n) is 3.26. The Balaban J connectivity index is 1.43. The average Bonchev–Trinajstić information content (AvgIpc) is 3.04. The summed E-state index contributed by atoms with van der Waals surface area (Å²) in [6, 6.07) is 3.80. The van der Waals surface area contributed by atoms with Gasteiger partial charge in [0.1, 0.15) is 5.82 Å². The van der Waals surface area contributed by atoms with Gasteiger partial charge in [0.15, 0.2) is 0 Å². The molecule has 1 saturated heterocycles. The molecule has 4 rings (SSSR count). The first-order valence-corrected chi connectivity index (χ1v) is 8.26. The number of aryl methyl sites for hydroxylation is 1. The SMILES string of the molecule is O=C(Nc1nc2n(n1)CC(N1CCOCC1)CC2)c1ccncc1. The van der Waals surface area contributed by atoms with E-state index in [-0.39, 0.29) is 5.91 Å². The van der Waals surface area contributed by atoms with Gasteiger partial charge in [-0.15, -0.1) is 5.10 Å². The Bertz CT molecular complexity index is 711. The monoisotopic (exact) mass is 328 g/mol. The summed E-state index contributed by atoms with van der Waals surface area (Å²) in [4.78, 5) is 23.0. The number of nitrogens with zero attached hydrogens (tertiary/aromatic N) is 5. The van der Waals surface area contributed by atoms with Gasteiger partial charge in [-0.1, -0.05) is 0 Å². The highest BCUT2D eigenvalue weighted by Crippen LogP contribution is 2.20. The lowest BCUT2D eigenvalue weighted by Crippen LogP contribution is -2.47. The molecule has 0 radical (unpaired) electrons. The maximum Gasteiger partial charge on any atom is 0.258 e. The van der Waals surface area contributed by atoms with Crippen LogP contribution in [0.25, 0.3) is 0 Å². The molecule has 2 aromatic rings. The number of morpholine rings is 1. The van der Waals surface area contributed by atoms with Crippen molar-refractivity contribution in [3.8, 4) is 0 Å². The summed E-state index contributed by atoms with van der Waals surface area (Å²) >= 11 is 0. The van der Waals surface area contributed by atoms with Crippen LogP contribution in [0.1, 0.15) is 22.6 Å². The number of ether oxygens (including phenoxy) is 1. The molecule has 0 spiro atoms. The highest BCUT2D eigenvalue weighted by Gasteiger charge is 2.27. The molecule has 126 valence electrons. The van der Waals surface area contributed by atoms with E-state index in [1.165, 1.54) is 0 Å². The van der Waals surface area contributed by atoms with Gasteiger partial charge >= 0.3 is 0 Å². The van der Waals surface area contributed by atoms with Gasteiger partial charge in [0.25, 0.3) is 5.91 Å². The Kier molecular flexibility index (Phi) is 4.22. The first kappa shape index (κ1) is 15.2. The maximum atomic E-state index is 12.2.